The van der Waals surface area contributed by atoms with Crippen LogP contribution in [0, 0.1) is 0 Å². The van der Waals surface area contributed by atoms with Crippen LogP contribution in [0.25, 0.3) is 22.0 Å². The lowest BCUT2D eigenvalue weighted by molar-refractivity contribution is 0.0545. The first kappa shape index (κ1) is 20.1. The van der Waals surface area contributed by atoms with Crippen LogP contribution in [-0.4, -0.2) is 55.7 Å². The summed E-state index contributed by atoms with van der Waals surface area (Å²) in [6.45, 7) is 3.09. The number of methoxy groups -OCH3 is 1. The van der Waals surface area contributed by atoms with Crippen LogP contribution in [0.1, 0.15) is 0 Å². The largest absolute Gasteiger partial charge is 0.491 e. The van der Waals surface area contributed by atoms with Gasteiger partial charge in [-0.1, -0.05) is 25.0 Å². The molecular formula is C20H24BN3O4. The third kappa shape index (κ3) is 4.78. The van der Waals surface area contributed by atoms with E-state index in [1.165, 1.54) is 6.20 Å². The molecule has 7 nitrogen and oxygen atoms in total. The molecular weight excluding hydrogens is 357 g/mol. The fourth-order valence-corrected chi connectivity index (χ4v) is 2.86. The van der Waals surface area contributed by atoms with Crippen LogP contribution in [0.3, 0.4) is 0 Å². The summed E-state index contributed by atoms with van der Waals surface area (Å²) in [5.74, 6) is 0.705. The van der Waals surface area contributed by atoms with E-state index in [-0.39, 0.29) is 0 Å². The summed E-state index contributed by atoms with van der Waals surface area (Å²) < 4.78 is 16.3. The van der Waals surface area contributed by atoms with E-state index in [0.29, 0.717) is 43.4 Å². The Morgan fingerprint density at radius 1 is 1.07 bits per heavy atom. The zero-order valence-electron chi connectivity index (χ0n) is 16.1. The lowest BCUT2D eigenvalue weighted by atomic mass is 9.64. The number of hydrogen-bond acceptors (Lipinski definition) is 7. The van der Waals surface area contributed by atoms with Crippen LogP contribution in [0.5, 0.6) is 5.75 Å². The Morgan fingerprint density at radius 3 is 2.68 bits per heavy atom. The molecule has 0 unspecified atom stereocenters. The minimum atomic E-state index is -0.582. The highest BCUT2D eigenvalue weighted by Gasteiger charge is 2.14. The van der Waals surface area contributed by atoms with Gasteiger partial charge in [0.15, 0.2) is 0 Å². The summed E-state index contributed by atoms with van der Waals surface area (Å²) in [6.07, 6.45) is 1.54. The van der Waals surface area contributed by atoms with Crippen LogP contribution < -0.4 is 15.9 Å². The summed E-state index contributed by atoms with van der Waals surface area (Å²) in [6, 6.07) is 11.4. The summed E-state index contributed by atoms with van der Waals surface area (Å²) in [4.78, 5) is 0. The lowest BCUT2D eigenvalue weighted by Gasteiger charge is -2.15. The quantitative estimate of drug-likeness (QED) is 0.430. The van der Waals surface area contributed by atoms with Gasteiger partial charge in [0.05, 0.1) is 37.2 Å². The third-order valence-corrected chi connectivity index (χ3v) is 4.39. The molecule has 28 heavy (non-hydrogen) atoms. The fraction of sp³-hybridized carbons (Fsp3) is 0.300. The van der Waals surface area contributed by atoms with Crippen molar-refractivity contribution in [3.8, 4) is 16.9 Å². The van der Waals surface area contributed by atoms with E-state index in [1.807, 2.05) is 36.4 Å². The molecule has 0 atom stereocenters. The molecule has 0 radical (unpaired) electrons. The van der Waals surface area contributed by atoms with E-state index >= 15 is 0 Å². The highest BCUT2D eigenvalue weighted by atomic mass is 16.5. The standard InChI is InChI=1S/C20H24BN3O4/c1-21(25)15-4-6-20(28-10-9-27-8-7-26-2)17(12-15)14-3-5-16-18(22)13-23-24-19(16)11-14/h3-6,11-13,25H,7-10H2,1-2H3,(H2,22,24). The molecule has 0 aliphatic rings. The van der Waals surface area contributed by atoms with Gasteiger partial charge >= 0.3 is 6.92 Å². The van der Waals surface area contributed by atoms with Gasteiger partial charge in [-0.2, -0.15) is 10.2 Å². The van der Waals surface area contributed by atoms with Crippen LogP contribution in [0.2, 0.25) is 6.82 Å². The van der Waals surface area contributed by atoms with Crippen molar-refractivity contribution in [1.82, 2.24) is 10.2 Å². The second-order valence-electron chi connectivity index (χ2n) is 6.42. The molecule has 1 aromatic heterocycles. The topological polar surface area (TPSA) is 99.7 Å². The van der Waals surface area contributed by atoms with Crippen LogP contribution in [-0.2, 0) is 9.47 Å². The van der Waals surface area contributed by atoms with Gasteiger partial charge in [0.2, 0.25) is 0 Å². The number of rotatable bonds is 9. The number of benzene rings is 2. The Kier molecular flexibility index (Phi) is 6.81. The first-order chi connectivity index (χ1) is 13.6. The predicted molar refractivity (Wildman–Crippen MR) is 111 cm³/mol. The van der Waals surface area contributed by atoms with E-state index in [4.69, 9.17) is 19.9 Å². The highest BCUT2D eigenvalue weighted by Crippen LogP contribution is 2.32. The SMILES string of the molecule is COCCOCCOc1ccc(B(C)O)cc1-c1ccc2c(N)cnnc2c1. The molecule has 0 spiro atoms. The Labute approximate surface area is 164 Å². The summed E-state index contributed by atoms with van der Waals surface area (Å²) in [5.41, 5.74) is 9.83. The Morgan fingerprint density at radius 2 is 1.89 bits per heavy atom. The summed E-state index contributed by atoms with van der Waals surface area (Å²) in [5, 5.41) is 18.9. The van der Waals surface area contributed by atoms with Crippen molar-refractivity contribution in [3.63, 3.8) is 0 Å². The van der Waals surface area contributed by atoms with Crippen molar-refractivity contribution in [1.29, 1.82) is 0 Å². The number of anilines is 1. The number of hydrogen-bond donors (Lipinski definition) is 2. The Balaban J connectivity index is 1.88. The van der Waals surface area contributed by atoms with Crippen molar-refractivity contribution in [3.05, 3.63) is 42.6 Å². The first-order valence-electron chi connectivity index (χ1n) is 9.13. The predicted octanol–water partition coefficient (Wildman–Crippen LogP) is 1.74. The number of aromatic nitrogens is 2. The number of nitrogens with two attached hydrogens (primary N) is 1. The molecule has 0 aliphatic heterocycles. The smallest absolute Gasteiger partial charge is 0.320 e. The van der Waals surface area contributed by atoms with Gasteiger partial charge in [-0.15, -0.1) is 0 Å². The second-order valence-corrected chi connectivity index (χ2v) is 6.42. The van der Waals surface area contributed by atoms with Crippen molar-refractivity contribution < 1.29 is 19.2 Å². The van der Waals surface area contributed by atoms with Gasteiger partial charge in [0, 0.05) is 18.1 Å². The molecule has 0 saturated heterocycles. The fourth-order valence-electron chi connectivity index (χ4n) is 2.86. The molecule has 8 heteroatoms. The molecule has 0 saturated carbocycles. The lowest BCUT2D eigenvalue weighted by Crippen LogP contribution is -2.26. The number of nitrogens with zero attached hydrogens (tertiary/aromatic N) is 2. The normalized spacial score (nSPS) is 11.0. The van der Waals surface area contributed by atoms with E-state index < -0.39 is 6.92 Å². The second kappa shape index (κ2) is 9.50. The van der Waals surface area contributed by atoms with Crippen molar-refractivity contribution in [2.45, 2.75) is 6.82 Å². The van der Waals surface area contributed by atoms with Crippen LogP contribution in [0.15, 0.2) is 42.6 Å². The molecule has 0 bridgehead atoms. The minimum Gasteiger partial charge on any atom is -0.491 e. The molecule has 0 fully saturated rings. The van der Waals surface area contributed by atoms with Gasteiger partial charge < -0.3 is 25.0 Å². The minimum absolute atomic E-state index is 0.408. The average Bonchev–Trinajstić information content (AvgIpc) is 2.70. The molecule has 3 rings (SSSR count). The summed E-state index contributed by atoms with van der Waals surface area (Å²) >= 11 is 0. The maximum Gasteiger partial charge on any atom is 0.320 e. The summed E-state index contributed by atoms with van der Waals surface area (Å²) in [7, 11) is 1.64. The third-order valence-electron chi connectivity index (χ3n) is 4.39. The van der Waals surface area contributed by atoms with E-state index in [2.05, 4.69) is 10.2 Å². The van der Waals surface area contributed by atoms with Crippen molar-refractivity contribution >= 4 is 29.0 Å². The molecule has 0 amide bonds. The van der Waals surface area contributed by atoms with Crippen molar-refractivity contribution in [2.75, 3.05) is 39.3 Å². The molecule has 2 aromatic carbocycles. The van der Waals surface area contributed by atoms with Gasteiger partial charge in [-0.25, -0.2) is 0 Å². The number of fused-ring (bicyclic) bond motifs is 1. The Bertz CT molecular complexity index is 936. The van der Waals surface area contributed by atoms with E-state index in [1.54, 1.807) is 13.9 Å². The highest BCUT2D eigenvalue weighted by molar-refractivity contribution is 6.64. The monoisotopic (exact) mass is 381 g/mol. The molecule has 0 aliphatic carbocycles. The van der Waals surface area contributed by atoms with Gasteiger partial charge in [0.1, 0.15) is 12.4 Å². The maximum absolute atomic E-state index is 9.98. The van der Waals surface area contributed by atoms with Gasteiger partial charge in [-0.3, -0.25) is 0 Å². The molecule has 3 N–H and O–H groups in total. The first-order valence-corrected chi connectivity index (χ1v) is 9.13. The molecule has 1 heterocycles. The van der Waals surface area contributed by atoms with Crippen LogP contribution >= 0.6 is 0 Å². The van der Waals surface area contributed by atoms with E-state index in [0.717, 1.165) is 22.0 Å². The van der Waals surface area contributed by atoms with Crippen LogP contribution in [0.4, 0.5) is 5.69 Å². The molecule has 146 valence electrons. The average molecular weight is 381 g/mol. The Hall–Kier alpha value is -2.68. The van der Waals surface area contributed by atoms with Gasteiger partial charge in [0.25, 0.3) is 0 Å². The van der Waals surface area contributed by atoms with Crippen molar-refractivity contribution in [2.24, 2.45) is 0 Å². The van der Waals surface area contributed by atoms with Gasteiger partial charge in [-0.05, 0) is 29.2 Å². The van der Waals surface area contributed by atoms with E-state index in [9.17, 15) is 5.02 Å². The zero-order chi connectivity index (χ0) is 19.9. The maximum atomic E-state index is 9.98. The molecule has 3 aromatic rings. The zero-order valence-corrected chi connectivity index (χ0v) is 16.1. The number of ether oxygens (including phenoxy) is 3. The number of nitrogen functional groups attached to an aromatic ring is 1.